The van der Waals surface area contributed by atoms with E-state index in [-0.39, 0.29) is 23.8 Å². The first-order valence-corrected chi connectivity index (χ1v) is 10.5. The zero-order valence-corrected chi connectivity index (χ0v) is 19.1. The second kappa shape index (κ2) is 11.1. The second-order valence-electron chi connectivity index (χ2n) is 7.34. The third-order valence-electron chi connectivity index (χ3n) is 4.70. The summed E-state index contributed by atoms with van der Waals surface area (Å²) in [6, 6.07) is 15.6. The highest BCUT2D eigenvalue weighted by Gasteiger charge is 2.11. The highest BCUT2D eigenvalue weighted by atomic mass is 35.5. The summed E-state index contributed by atoms with van der Waals surface area (Å²) in [4.78, 5) is 34.7. The van der Waals surface area contributed by atoms with Crippen LogP contribution >= 0.6 is 11.6 Å². The Kier molecular flexibility index (Phi) is 7.94. The van der Waals surface area contributed by atoms with Gasteiger partial charge in [-0.1, -0.05) is 29.3 Å². The molecule has 0 saturated heterocycles. The molecule has 0 aliphatic carbocycles. The largest absolute Gasteiger partial charge is 0.483 e. The molecule has 2 amide bonds. The van der Waals surface area contributed by atoms with Crippen molar-refractivity contribution in [1.29, 1.82) is 0 Å². The van der Waals surface area contributed by atoms with Crippen LogP contribution in [0.5, 0.6) is 5.75 Å². The van der Waals surface area contributed by atoms with E-state index in [0.29, 0.717) is 22.0 Å². The maximum Gasteiger partial charge on any atom is 0.271 e. The number of nitro benzene ring substituents is 1. The van der Waals surface area contributed by atoms with Crippen LogP contribution in [-0.4, -0.2) is 29.6 Å². The number of hydrogen-bond acceptors (Lipinski definition) is 6. The van der Waals surface area contributed by atoms with Crippen molar-refractivity contribution in [3.8, 4) is 5.75 Å². The van der Waals surface area contributed by atoms with Gasteiger partial charge in [-0.05, 0) is 55.8 Å². The Bertz CT molecular complexity index is 1260. The minimum absolute atomic E-state index is 0.123. The molecule has 2 N–H and O–H groups in total. The van der Waals surface area contributed by atoms with Crippen molar-refractivity contribution in [2.45, 2.75) is 13.8 Å². The van der Waals surface area contributed by atoms with Crippen LogP contribution in [0.25, 0.3) is 0 Å². The van der Waals surface area contributed by atoms with E-state index in [0.717, 1.165) is 11.1 Å². The number of ether oxygens (including phenoxy) is 1. The number of hydrogen-bond donors (Lipinski definition) is 2. The number of benzene rings is 3. The smallest absolute Gasteiger partial charge is 0.271 e. The maximum atomic E-state index is 12.3. The Hall–Kier alpha value is -4.24. The molecule has 0 aromatic heterocycles. The predicted octanol–water partition coefficient (Wildman–Crippen LogP) is 4.65. The average molecular weight is 481 g/mol. The van der Waals surface area contributed by atoms with Gasteiger partial charge in [-0.3, -0.25) is 19.7 Å². The molecule has 0 saturated carbocycles. The number of aryl methyl sites for hydroxylation is 2. The Morgan fingerprint density at radius 1 is 1.09 bits per heavy atom. The highest BCUT2D eigenvalue weighted by Crippen LogP contribution is 2.22. The fraction of sp³-hybridized carbons (Fsp3) is 0.125. The number of nitro groups is 1. The molecule has 9 nitrogen and oxygen atoms in total. The number of hydrazone groups is 1. The molecule has 34 heavy (non-hydrogen) atoms. The van der Waals surface area contributed by atoms with Crippen LogP contribution in [0.15, 0.2) is 65.8 Å². The number of non-ortho nitro benzene ring substituents is 1. The topological polar surface area (TPSA) is 123 Å². The van der Waals surface area contributed by atoms with Crippen molar-refractivity contribution in [2.75, 3.05) is 11.9 Å². The number of nitrogens with one attached hydrogen (secondary N) is 2. The highest BCUT2D eigenvalue weighted by molar-refractivity contribution is 6.30. The van der Waals surface area contributed by atoms with E-state index in [9.17, 15) is 19.7 Å². The summed E-state index contributed by atoms with van der Waals surface area (Å²) in [6.07, 6.45) is 1.33. The van der Waals surface area contributed by atoms with E-state index in [1.165, 1.54) is 30.5 Å². The Morgan fingerprint density at radius 3 is 2.50 bits per heavy atom. The lowest BCUT2D eigenvalue weighted by Crippen LogP contribution is -2.21. The summed E-state index contributed by atoms with van der Waals surface area (Å²) in [5, 5.41) is 17.8. The third kappa shape index (κ3) is 6.63. The Labute approximate surface area is 200 Å². The number of anilines is 1. The van der Waals surface area contributed by atoms with Gasteiger partial charge >= 0.3 is 0 Å². The fourth-order valence-corrected chi connectivity index (χ4v) is 3.18. The summed E-state index contributed by atoms with van der Waals surface area (Å²) in [6.45, 7) is 3.63. The normalized spacial score (nSPS) is 10.7. The molecule has 0 aliphatic rings. The first-order chi connectivity index (χ1) is 16.2. The van der Waals surface area contributed by atoms with Gasteiger partial charge in [-0.15, -0.1) is 0 Å². The van der Waals surface area contributed by atoms with Crippen molar-refractivity contribution < 1.29 is 19.2 Å². The summed E-state index contributed by atoms with van der Waals surface area (Å²) in [5.74, 6) is -0.548. The standard InChI is InChI=1S/C24H21ClN4O5/c1-15-3-9-21(16(2)11-15)27-23(30)14-34-22-10-6-19(25)12-18(22)13-26-28-24(31)17-4-7-20(8-5-17)29(32)33/h3-13H,14H2,1-2H3,(H,27,30)(H,28,31)/b26-13+. The predicted molar refractivity (Wildman–Crippen MR) is 130 cm³/mol. The molecule has 3 rings (SSSR count). The van der Waals surface area contributed by atoms with Gasteiger partial charge in [0.25, 0.3) is 17.5 Å². The zero-order valence-electron chi connectivity index (χ0n) is 18.4. The maximum absolute atomic E-state index is 12.3. The lowest BCUT2D eigenvalue weighted by molar-refractivity contribution is -0.384. The van der Waals surface area contributed by atoms with Gasteiger partial charge in [0.05, 0.1) is 11.1 Å². The molecule has 0 heterocycles. The van der Waals surface area contributed by atoms with E-state index in [1.54, 1.807) is 18.2 Å². The minimum atomic E-state index is -0.553. The molecular formula is C24H21ClN4O5. The van der Waals surface area contributed by atoms with Gasteiger partial charge in [-0.2, -0.15) is 5.10 Å². The monoisotopic (exact) mass is 480 g/mol. The summed E-state index contributed by atoms with van der Waals surface area (Å²) in [7, 11) is 0. The van der Waals surface area contributed by atoms with Gasteiger partial charge < -0.3 is 10.1 Å². The van der Waals surface area contributed by atoms with Gasteiger partial charge in [0.15, 0.2) is 6.61 Å². The van der Waals surface area contributed by atoms with Crippen molar-refractivity contribution >= 4 is 41.0 Å². The quantitative estimate of drug-likeness (QED) is 0.276. The summed E-state index contributed by atoms with van der Waals surface area (Å²) < 4.78 is 5.63. The van der Waals surface area contributed by atoms with E-state index < -0.39 is 10.8 Å². The molecule has 0 bridgehead atoms. The van der Waals surface area contributed by atoms with Gasteiger partial charge in [0.1, 0.15) is 5.75 Å². The number of carbonyl (C=O) groups excluding carboxylic acids is 2. The Morgan fingerprint density at radius 2 is 1.82 bits per heavy atom. The molecule has 0 unspecified atom stereocenters. The molecule has 174 valence electrons. The summed E-state index contributed by atoms with van der Waals surface area (Å²) in [5.41, 5.74) is 5.59. The van der Waals surface area contributed by atoms with Gasteiger partial charge in [0, 0.05) is 34.0 Å². The fourth-order valence-electron chi connectivity index (χ4n) is 2.99. The number of amides is 2. The van der Waals surface area contributed by atoms with E-state index >= 15 is 0 Å². The van der Waals surface area contributed by atoms with Crippen molar-refractivity contribution in [3.63, 3.8) is 0 Å². The molecule has 0 aliphatic heterocycles. The van der Waals surface area contributed by atoms with E-state index in [4.69, 9.17) is 16.3 Å². The summed E-state index contributed by atoms with van der Waals surface area (Å²) >= 11 is 6.06. The van der Waals surface area contributed by atoms with Crippen LogP contribution < -0.4 is 15.5 Å². The van der Waals surface area contributed by atoms with Crippen molar-refractivity contribution in [3.05, 3.63) is 98.1 Å². The number of rotatable bonds is 8. The lowest BCUT2D eigenvalue weighted by Gasteiger charge is -2.11. The van der Waals surface area contributed by atoms with E-state index in [1.807, 2.05) is 32.0 Å². The number of halogens is 1. The lowest BCUT2D eigenvalue weighted by atomic mass is 10.1. The van der Waals surface area contributed by atoms with Gasteiger partial charge in [-0.25, -0.2) is 5.43 Å². The van der Waals surface area contributed by atoms with Crippen molar-refractivity contribution in [2.24, 2.45) is 5.10 Å². The van der Waals surface area contributed by atoms with Crippen molar-refractivity contribution in [1.82, 2.24) is 5.43 Å². The van der Waals surface area contributed by atoms with Crippen LogP contribution in [0.4, 0.5) is 11.4 Å². The Balaban J connectivity index is 1.62. The molecule has 0 fully saturated rings. The van der Waals surface area contributed by atoms with Crippen LogP contribution in [0, 0.1) is 24.0 Å². The molecule has 10 heteroatoms. The van der Waals surface area contributed by atoms with Crippen LogP contribution in [0.2, 0.25) is 5.02 Å². The molecule has 0 atom stereocenters. The molecule has 3 aromatic carbocycles. The molecule has 3 aromatic rings. The first kappa shape index (κ1) is 24.4. The van der Waals surface area contributed by atoms with Gasteiger partial charge in [0.2, 0.25) is 0 Å². The third-order valence-corrected chi connectivity index (χ3v) is 4.93. The van der Waals surface area contributed by atoms with Crippen LogP contribution in [0.3, 0.4) is 0 Å². The van der Waals surface area contributed by atoms with Crippen LogP contribution in [-0.2, 0) is 4.79 Å². The SMILES string of the molecule is Cc1ccc(NC(=O)COc2ccc(Cl)cc2/C=N/NC(=O)c2ccc([N+](=O)[O-])cc2)c(C)c1. The minimum Gasteiger partial charge on any atom is -0.483 e. The zero-order chi connectivity index (χ0) is 24.7. The number of carbonyl (C=O) groups is 2. The molecule has 0 radical (unpaired) electrons. The van der Waals surface area contributed by atoms with Crippen LogP contribution in [0.1, 0.15) is 27.0 Å². The second-order valence-corrected chi connectivity index (χ2v) is 7.78. The number of nitrogens with zero attached hydrogens (tertiary/aromatic N) is 2. The average Bonchev–Trinajstić information content (AvgIpc) is 2.80. The van der Waals surface area contributed by atoms with E-state index in [2.05, 4.69) is 15.8 Å². The molecule has 0 spiro atoms. The first-order valence-electron chi connectivity index (χ1n) is 10.1. The molecular weight excluding hydrogens is 460 g/mol.